The number of carboxylic acid groups (broad SMARTS) is 1. The molecule has 0 aromatic carbocycles. The molecule has 3 nitrogen and oxygen atoms in total. The molecule has 4 heteroatoms. The molecule has 9 heavy (non-hydrogen) atoms. The van der Waals surface area contributed by atoms with E-state index in [2.05, 4.69) is 21.2 Å². The molecule has 1 aliphatic heterocycles. The lowest BCUT2D eigenvalue weighted by atomic mass is 10.2. The molecular weight excluding hydrogens is 186 g/mol. The largest absolute Gasteiger partial charge is 0.480 e. The number of alkyl halides is 1. The Hall–Kier alpha value is -0.0900. The zero-order valence-electron chi connectivity index (χ0n) is 4.80. The quantitative estimate of drug-likeness (QED) is 0.586. The van der Waals surface area contributed by atoms with Crippen molar-refractivity contribution in [3.63, 3.8) is 0 Å². The highest BCUT2D eigenvalue weighted by atomic mass is 79.9. The van der Waals surface area contributed by atoms with Crippen molar-refractivity contribution in [1.82, 2.24) is 5.32 Å². The summed E-state index contributed by atoms with van der Waals surface area (Å²) < 4.78 is 0. The number of rotatable bonds is 1. The first-order chi connectivity index (χ1) is 4.22. The number of halogens is 1. The molecule has 0 radical (unpaired) electrons. The molecule has 2 N–H and O–H groups in total. The molecule has 0 bridgehead atoms. The first-order valence-corrected chi connectivity index (χ1v) is 3.73. The fraction of sp³-hybridized carbons (Fsp3) is 0.800. The summed E-state index contributed by atoms with van der Waals surface area (Å²) >= 11 is 3.26. The van der Waals surface area contributed by atoms with Crippen molar-refractivity contribution in [2.75, 3.05) is 6.54 Å². The highest BCUT2D eigenvalue weighted by molar-refractivity contribution is 9.09. The van der Waals surface area contributed by atoms with Gasteiger partial charge in [0.05, 0.1) is 0 Å². The normalized spacial score (nSPS) is 34.8. The fourth-order valence-electron chi connectivity index (χ4n) is 0.913. The van der Waals surface area contributed by atoms with E-state index in [4.69, 9.17) is 5.11 Å². The van der Waals surface area contributed by atoms with Crippen molar-refractivity contribution in [3.05, 3.63) is 0 Å². The minimum absolute atomic E-state index is 0.106. The van der Waals surface area contributed by atoms with Crippen LogP contribution in [0.2, 0.25) is 0 Å². The number of carboxylic acids is 1. The summed E-state index contributed by atoms with van der Waals surface area (Å²) in [6.45, 7) is 0.798. The second-order valence-corrected chi connectivity index (χ2v) is 3.25. The van der Waals surface area contributed by atoms with E-state index in [1.165, 1.54) is 0 Å². The van der Waals surface area contributed by atoms with Crippen LogP contribution in [-0.2, 0) is 4.79 Å². The summed E-state index contributed by atoms with van der Waals surface area (Å²) in [6, 6.07) is -0.384. The van der Waals surface area contributed by atoms with Gasteiger partial charge in [-0.3, -0.25) is 4.79 Å². The number of carbonyl (C=O) groups is 1. The smallest absolute Gasteiger partial charge is 0.321 e. The molecule has 1 saturated heterocycles. The molecule has 0 spiro atoms. The van der Waals surface area contributed by atoms with Crippen molar-refractivity contribution in [1.29, 1.82) is 0 Å². The standard InChI is InChI=1S/C5H8BrNO2/c6-3-1-2-7-4(3)5(8)9/h3-4,7H,1-2H2,(H,8,9)/t3?,4-/m0/s1. The van der Waals surface area contributed by atoms with Gasteiger partial charge in [0.15, 0.2) is 0 Å². The zero-order valence-corrected chi connectivity index (χ0v) is 6.39. The Bertz CT molecular complexity index is 128. The van der Waals surface area contributed by atoms with E-state index >= 15 is 0 Å². The van der Waals surface area contributed by atoms with Crippen molar-refractivity contribution in [3.8, 4) is 0 Å². The van der Waals surface area contributed by atoms with Crippen LogP contribution in [0.4, 0.5) is 0 Å². The van der Waals surface area contributed by atoms with Crippen LogP contribution >= 0.6 is 15.9 Å². The van der Waals surface area contributed by atoms with Gasteiger partial charge >= 0.3 is 5.97 Å². The maximum Gasteiger partial charge on any atom is 0.321 e. The van der Waals surface area contributed by atoms with Crippen molar-refractivity contribution >= 4 is 21.9 Å². The van der Waals surface area contributed by atoms with Crippen LogP contribution in [0.15, 0.2) is 0 Å². The molecule has 1 fully saturated rings. The SMILES string of the molecule is O=C(O)[C@H]1NCCC1Br. The molecule has 1 aliphatic rings. The van der Waals surface area contributed by atoms with Crippen LogP contribution in [-0.4, -0.2) is 28.5 Å². The van der Waals surface area contributed by atoms with Gasteiger partial charge in [0.2, 0.25) is 0 Å². The van der Waals surface area contributed by atoms with E-state index in [1.54, 1.807) is 0 Å². The van der Waals surface area contributed by atoms with Gasteiger partial charge in [-0.15, -0.1) is 0 Å². The van der Waals surface area contributed by atoms with Crippen LogP contribution in [0.5, 0.6) is 0 Å². The predicted molar refractivity (Wildman–Crippen MR) is 36.8 cm³/mol. The third-order valence-corrected chi connectivity index (χ3v) is 2.40. The van der Waals surface area contributed by atoms with Crippen LogP contribution in [0, 0.1) is 0 Å². The van der Waals surface area contributed by atoms with E-state index in [0.717, 1.165) is 13.0 Å². The Morgan fingerprint density at radius 2 is 2.44 bits per heavy atom. The highest BCUT2D eigenvalue weighted by Gasteiger charge is 2.29. The Morgan fingerprint density at radius 3 is 2.67 bits per heavy atom. The Balaban J connectivity index is 2.49. The van der Waals surface area contributed by atoms with Gasteiger partial charge in [-0.1, -0.05) is 15.9 Å². The zero-order chi connectivity index (χ0) is 6.85. The lowest BCUT2D eigenvalue weighted by molar-refractivity contribution is -0.138. The van der Waals surface area contributed by atoms with Crippen LogP contribution in [0.1, 0.15) is 6.42 Å². The first kappa shape index (κ1) is 7.02. The van der Waals surface area contributed by atoms with Crippen LogP contribution in [0.3, 0.4) is 0 Å². The highest BCUT2D eigenvalue weighted by Crippen LogP contribution is 2.15. The van der Waals surface area contributed by atoms with Gasteiger partial charge in [-0.25, -0.2) is 0 Å². The summed E-state index contributed by atoms with van der Waals surface area (Å²) in [5, 5.41) is 11.4. The molecule has 0 saturated carbocycles. The molecule has 1 heterocycles. The second-order valence-electron chi connectivity index (χ2n) is 2.07. The minimum atomic E-state index is -0.769. The lowest BCUT2D eigenvalue weighted by Crippen LogP contribution is -2.35. The summed E-state index contributed by atoms with van der Waals surface area (Å²) in [5.74, 6) is -0.769. The molecule has 0 amide bonds. The molecule has 0 aromatic rings. The van der Waals surface area contributed by atoms with Gasteiger partial charge in [0, 0.05) is 4.83 Å². The van der Waals surface area contributed by atoms with Gasteiger partial charge in [-0.2, -0.15) is 0 Å². The van der Waals surface area contributed by atoms with Gasteiger partial charge < -0.3 is 10.4 Å². The number of nitrogens with one attached hydrogen (secondary N) is 1. The van der Waals surface area contributed by atoms with Crippen molar-refractivity contribution < 1.29 is 9.90 Å². The van der Waals surface area contributed by atoms with Gasteiger partial charge in [0.25, 0.3) is 0 Å². The van der Waals surface area contributed by atoms with Gasteiger partial charge in [0.1, 0.15) is 6.04 Å². The van der Waals surface area contributed by atoms with E-state index in [9.17, 15) is 4.79 Å². The third-order valence-electron chi connectivity index (χ3n) is 1.41. The van der Waals surface area contributed by atoms with E-state index in [1.807, 2.05) is 0 Å². The van der Waals surface area contributed by atoms with Crippen molar-refractivity contribution in [2.24, 2.45) is 0 Å². The predicted octanol–water partition coefficient (Wildman–Crippen LogP) is 0.196. The summed E-state index contributed by atoms with van der Waals surface area (Å²) in [5.41, 5.74) is 0. The van der Waals surface area contributed by atoms with E-state index in [0.29, 0.717) is 0 Å². The maximum absolute atomic E-state index is 10.3. The maximum atomic E-state index is 10.3. The Kier molecular flexibility index (Phi) is 2.08. The van der Waals surface area contributed by atoms with Gasteiger partial charge in [-0.05, 0) is 13.0 Å². The number of hydrogen-bond acceptors (Lipinski definition) is 2. The summed E-state index contributed by atoms with van der Waals surface area (Å²) in [4.78, 5) is 10.4. The summed E-state index contributed by atoms with van der Waals surface area (Å²) in [7, 11) is 0. The minimum Gasteiger partial charge on any atom is -0.480 e. The number of aliphatic carboxylic acids is 1. The van der Waals surface area contributed by atoms with Crippen molar-refractivity contribution in [2.45, 2.75) is 17.3 Å². The van der Waals surface area contributed by atoms with E-state index in [-0.39, 0.29) is 10.9 Å². The molecule has 1 rings (SSSR count). The van der Waals surface area contributed by atoms with E-state index < -0.39 is 5.97 Å². The molecular formula is C5H8BrNO2. The first-order valence-electron chi connectivity index (χ1n) is 2.82. The Morgan fingerprint density at radius 1 is 1.78 bits per heavy atom. The van der Waals surface area contributed by atoms with Crippen LogP contribution in [0.25, 0.3) is 0 Å². The molecule has 52 valence electrons. The molecule has 0 aliphatic carbocycles. The van der Waals surface area contributed by atoms with Crippen LogP contribution < -0.4 is 5.32 Å². The average molecular weight is 194 g/mol. The lowest BCUT2D eigenvalue weighted by Gasteiger charge is -2.06. The second kappa shape index (κ2) is 2.66. The third kappa shape index (κ3) is 1.43. The summed E-state index contributed by atoms with van der Waals surface area (Å²) in [6.07, 6.45) is 0.900. The molecule has 1 unspecified atom stereocenters. The molecule has 2 atom stereocenters. The monoisotopic (exact) mass is 193 g/mol. The fourth-order valence-corrected chi connectivity index (χ4v) is 1.56. The topological polar surface area (TPSA) is 49.3 Å². The number of hydrogen-bond donors (Lipinski definition) is 2. The average Bonchev–Trinajstić information content (AvgIpc) is 2.13. The Labute approximate surface area is 61.6 Å². The molecule has 0 aromatic heterocycles.